The van der Waals surface area contributed by atoms with E-state index in [1.54, 1.807) is 24.4 Å². The van der Waals surface area contributed by atoms with Gasteiger partial charge in [0.25, 0.3) is 5.91 Å². The number of hydrogen-bond donors (Lipinski definition) is 1. The zero-order valence-electron chi connectivity index (χ0n) is 12.4. The van der Waals surface area contributed by atoms with Crippen LogP contribution >= 0.6 is 39.1 Å². The van der Waals surface area contributed by atoms with Crippen LogP contribution in [0.25, 0.3) is 11.4 Å². The van der Waals surface area contributed by atoms with Crippen molar-refractivity contribution in [3.63, 3.8) is 0 Å². The van der Waals surface area contributed by atoms with Crippen molar-refractivity contribution in [3.05, 3.63) is 52.0 Å². The number of anilines is 1. The number of halogens is 3. The highest BCUT2D eigenvalue weighted by Gasteiger charge is 2.13. The van der Waals surface area contributed by atoms with Gasteiger partial charge in [0.1, 0.15) is 5.15 Å². The van der Waals surface area contributed by atoms with Crippen molar-refractivity contribution in [2.75, 3.05) is 11.9 Å². The van der Waals surface area contributed by atoms with Gasteiger partial charge in [-0.3, -0.25) is 10.1 Å². The van der Waals surface area contributed by atoms with Gasteiger partial charge in [0, 0.05) is 22.2 Å². The molecule has 2 aromatic heterocycles. The van der Waals surface area contributed by atoms with E-state index < -0.39 is 11.7 Å². The first kappa shape index (κ1) is 17.7. The molecule has 25 heavy (non-hydrogen) atoms. The van der Waals surface area contributed by atoms with Crippen molar-refractivity contribution in [3.8, 4) is 17.1 Å². The monoisotopic (exact) mass is 442 g/mol. The van der Waals surface area contributed by atoms with Crippen molar-refractivity contribution in [1.82, 2.24) is 14.3 Å². The summed E-state index contributed by atoms with van der Waals surface area (Å²) < 4.78 is 23.5. The molecule has 1 amide bonds. The van der Waals surface area contributed by atoms with E-state index >= 15 is 0 Å². The van der Waals surface area contributed by atoms with Gasteiger partial charge in [0.05, 0.1) is 5.56 Å². The summed E-state index contributed by atoms with van der Waals surface area (Å²) in [5.41, 5.74) is 0.564. The van der Waals surface area contributed by atoms with Crippen molar-refractivity contribution in [2.24, 2.45) is 0 Å². The van der Waals surface area contributed by atoms with E-state index in [2.05, 4.69) is 35.6 Å². The molecule has 0 atom stereocenters. The van der Waals surface area contributed by atoms with Crippen molar-refractivity contribution in [1.29, 1.82) is 0 Å². The first-order valence-corrected chi connectivity index (χ1v) is 8.79. The van der Waals surface area contributed by atoms with E-state index in [4.69, 9.17) is 16.3 Å². The Morgan fingerprint density at radius 2 is 2.24 bits per heavy atom. The minimum absolute atomic E-state index is 0.0153. The number of nitrogens with one attached hydrogen (secondary N) is 1. The van der Waals surface area contributed by atoms with Crippen LogP contribution in [0.15, 0.2) is 41.0 Å². The Morgan fingerprint density at radius 1 is 1.40 bits per heavy atom. The molecule has 0 aliphatic carbocycles. The molecule has 0 saturated heterocycles. The van der Waals surface area contributed by atoms with E-state index in [9.17, 15) is 9.18 Å². The number of benzene rings is 1. The predicted molar refractivity (Wildman–Crippen MR) is 96.4 cm³/mol. The topological polar surface area (TPSA) is 77.0 Å². The van der Waals surface area contributed by atoms with Crippen LogP contribution in [0.3, 0.4) is 0 Å². The number of carbonyl (C=O) groups excluding carboxylic acids is 1. The summed E-state index contributed by atoms with van der Waals surface area (Å²) in [4.78, 5) is 20.0. The fourth-order valence-electron chi connectivity index (χ4n) is 1.83. The second-order valence-electron chi connectivity index (χ2n) is 4.68. The molecular weight excluding hydrogens is 435 g/mol. The number of aromatic nitrogens is 3. The average Bonchev–Trinajstić information content (AvgIpc) is 3.02. The molecule has 128 valence electrons. The van der Waals surface area contributed by atoms with Crippen LogP contribution in [-0.2, 0) is 4.79 Å². The number of carbonyl (C=O) groups is 1. The highest BCUT2D eigenvalue weighted by Crippen LogP contribution is 2.26. The molecule has 0 spiro atoms. The molecule has 6 nitrogen and oxygen atoms in total. The van der Waals surface area contributed by atoms with Crippen LogP contribution in [0.4, 0.5) is 9.52 Å². The molecular formula is C15H9BrClFN4O2S. The molecule has 1 aromatic carbocycles. The molecule has 0 bridgehead atoms. The smallest absolute Gasteiger partial charge is 0.264 e. The van der Waals surface area contributed by atoms with Gasteiger partial charge in [0.15, 0.2) is 24.0 Å². The predicted octanol–water partition coefficient (Wildman–Crippen LogP) is 4.17. The Balaban J connectivity index is 1.61. The SMILES string of the molecule is O=C(COc1ccc(Br)cc1F)Nc1nc(-c2cccnc2Cl)ns1. The van der Waals surface area contributed by atoms with Gasteiger partial charge in [0.2, 0.25) is 5.13 Å². The molecule has 3 rings (SSSR count). The second-order valence-corrected chi connectivity index (χ2v) is 6.70. The van der Waals surface area contributed by atoms with Gasteiger partial charge in [-0.25, -0.2) is 9.37 Å². The maximum atomic E-state index is 13.6. The summed E-state index contributed by atoms with van der Waals surface area (Å²) in [5.74, 6) is -0.703. The second kappa shape index (κ2) is 7.85. The van der Waals surface area contributed by atoms with Gasteiger partial charge < -0.3 is 4.74 Å². The molecule has 0 fully saturated rings. The summed E-state index contributed by atoms with van der Waals surface area (Å²) in [6.45, 7) is -0.360. The molecule has 0 saturated carbocycles. The van der Waals surface area contributed by atoms with Crippen molar-refractivity contribution in [2.45, 2.75) is 0 Å². The average molecular weight is 444 g/mol. The first-order chi connectivity index (χ1) is 12.0. The first-order valence-electron chi connectivity index (χ1n) is 6.85. The normalized spacial score (nSPS) is 10.5. The highest BCUT2D eigenvalue weighted by atomic mass is 79.9. The molecule has 1 N–H and O–H groups in total. The number of hydrogen-bond acceptors (Lipinski definition) is 6. The largest absolute Gasteiger partial charge is 0.481 e. The lowest BCUT2D eigenvalue weighted by molar-refractivity contribution is -0.118. The standard InChI is InChI=1S/C15H9BrClFN4O2S/c16-8-3-4-11(10(18)6-8)24-7-12(23)20-15-21-14(22-25-15)9-2-1-5-19-13(9)17/h1-6H,7H2,(H,20,21,22,23). The summed E-state index contributed by atoms with van der Waals surface area (Å²) in [6, 6.07) is 7.73. The third-order valence-electron chi connectivity index (χ3n) is 2.93. The summed E-state index contributed by atoms with van der Waals surface area (Å²) in [6.07, 6.45) is 1.56. The maximum absolute atomic E-state index is 13.6. The van der Waals surface area contributed by atoms with Crippen LogP contribution in [0.5, 0.6) is 5.75 Å². The minimum atomic E-state index is -0.563. The molecule has 10 heteroatoms. The Hall–Kier alpha value is -2.10. The highest BCUT2D eigenvalue weighted by molar-refractivity contribution is 9.10. The fourth-order valence-corrected chi connectivity index (χ4v) is 2.96. The third kappa shape index (κ3) is 4.50. The van der Waals surface area contributed by atoms with Gasteiger partial charge in [-0.2, -0.15) is 9.36 Å². The fraction of sp³-hybridized carbons (Fsp3) is 0.0667. The molecule has 0 radical (unpaired) electrons. The van der Waals surface area contributed by atoms with Crippen LogP contribution < -0.4 is 10.1 Å². The van der Waals surface area contributed by atoms with Gasteiger partial charge >= 0.3 is 0 Å². The zero-order valence-corrected chi connectivity index (χ0v) is 15.5. The van der Waals surface area contributed by atoms with E-state index in [0.717, 1.165) is 11.5 Å². The van der Waals surface area contributed by atoms with Crippen LogP contribution in [0, 0.1) is 5.82 Å². The van der Waals surface area contributed by atoms with E-state index in [-0.39, 0.29) is 22.6 Å². The number of pyridine rings is 1. The molecule has 2 heterocycles. The Kier molecular flexibility index (Phi) is 5.57. The lowest BCUT2D eigenvalue weighted by Crippen LogP contribution is -2.20. The molecule has 3 aromatic rings. The number of rotatable bonds is 5. The van der Waals surface area contributed by atoms with Crippen LogP contribution in [0.1, 0.15) is 0 Å². The number of nitrogens with zero attached hydrogens (tertiary/aromatic N) is 3. The molecule has 0 aliphatic heterocycles. The molecule has 0 aliphatic rings. The van der Waals surface area contributed by atoms with Crippen molar-refractivity contribution < 1.29 is 13.9 Å². The Morgan fingerprint density at radius 3 is 3.00 bits per heavy atom. The lowest BCUT2D eigenvalue weighted by atomic mass is 10.3. The lowest BCUT2D eigenvalue weighted by Gasteiger charge is -2.06. The van der Waals surface area contributed by atoms with Gasteiger partial charge in [-0.15, -0.1) is 0 Å². The summed E-state index contributed by atoms with van der Waals surface area (Å²) >= 11 is 10.1. The van der Waals surface area contributed by atoms with E-state index in [1.165, 1.54) is 12.1 Å². The van der Waals surface area contributed by atoms with Crippen LogP contribution in [-0.4, -0.2) is 26.9 Å². The minimum Gasteiger partial charge on any atom is -0.481 e. The summed E-state index contributed by atoms with van der Waals surface area (Å²) in [5, 5.41) is 3.09. The summed E-state index contributed by atoms with van der Waals surface area (Å²) in [7, 11) is 0. The number of amides is 1. The van der Waals surface area contributed by atoms with Gasteiger partial charge in [-0.05, 0) is 30.3 Å². The quantitative estimate of drug-likeness (QED) is 0.599. The Labute approximate surface area is 159 Å². The molecule has 0 unspecified atom stereocenters. The maximum Gasteiger partial charge on any atom is 0.264 e. The van der Waals surface area contributed by atoms with Crippen molar-refractivity contribution >= 4 is 50.1 Å². The Bertz CT molecular complexity index is 924. The van der Waals surface area contributed by atoms with Crippen LogP contribution in [0.2, 0.25) is 5.15 Å². The third-order valence-corrected chi connectivity index (χ3v) is 4.35. The zero-order chi connectivity index (χ0) is 17.8. The van der Waals surface area contributed by atoms with E-state index in [0.29, 0.717) is 15.9 Å². The van der Waals surface area contributed by atoms with Gasteiger partial charge in [-0.1, -0.05) is 27.5 Å². The van der Waals surface area contributed by atoms with E-state index in [1.807, 2.05) is 0 Å². The number of ether oxygens (including phenoxy) is 1.